The Bertz CT molecular complexity index is 531. The van der Waals surface area contributed by atoms with E-state index in [0.717, 1.165) is 5.56 Å². The van der Waals surface area contributed by atoms with Crippen molar-refractivity contribution in [2.45, 2.75) is 39.2 Å². The van der Waals surface area contributed by atoms with E-state index < -0.39 is 23.8 Å². The molecule has 0 radical (unpaired) electrons. The van der Waals surface area contributed by atoms with Gasteiger partial charge in [0.05, 0.1) is 13.0 Å². The molecule has 2 atom stereocenters. The molecule has 2 amide bonds. The third-order valence-corrected chi connectivity index (χ3v) is 3.47. The Morgan fingerprint density at radius 2 is 1.87 bits per heavy atom. The Morgan fingerprint density at radius 1 is 1.22 bits per heavy atom. The zero-order valence-corrected chi connectivity index (χ0v) is 13.6. The van der Waals surface area contributed by atoms with Gasteiger partial charge in [0.1, 0.15) is 6.04 Å². The van der Waals surface area contributed by atoms with E-state index in [0.29, 0.717) is 6.42 Å². The van der Waals surface area contributed by atoms with E-state index in [4.69, 9.17) is 10.5 Å². The van der Waals surface area contributed by atoms with Crippen LogP contribution in [0.25, 0.3) is 0 Å². The summed E-state index contributed by atoms with van der Waals surface area (Å²) in [4.78, 5) is 35.0. The normalized spacial score (nSPS) is 13.0. The maximum Gasteiger partial charge on any atom is 0.306 e. The Morgan fingerprint density at radius 3 is 2.43 bits per heavy atom. The molecule has 1 aromatic rings. The number of carbonyl (C=O) groups is 3. The van der Waals surface area contributed by atoms with Crippen molar-refractivity contribution < 1.29 is 19.1 Å². The topological polar surface area (TPSA) is 98.5 Å². The predicted octanol–water partition coefficient (Wildman–Crippen LogP) is 1.18. The van der Waals surface area contributed by atoms with Gasteiger partial charge in [-0.25, -0.2) is 0 Å². The molecule has 0 aliphatic carbocycles. The third kappa shape index (κ3) is 6.95. The second kappa shape index (κ2) is 9.61. The van der Waals surface area contributed by atoms with Crippen LogP contribution >= 0.6 is 0 Å². The fourth-order valence-electron chi connectivity index (χ4n) is 2.24. The molecule has 1 aromatic carbocycles. The van der Waals surface area contributed by atoms with Crippen LogP contribution in [0.4, 0.5) is 0 Å². The van der Waals surface area contributed by atoms with E-state index in [1.165, 1.54) is 0 Å². The highest BCUT2D eigenvalue weighted by Crippen LogP contribution is 2.10. The minimum absolute atomic E-state index is 0.0282. The highest BCUT2D eigenvalue weighted by Gasteiger charge is 2.26. The second-order valence-electron chi connectivity index (χ2n) is 5.42. The Labute approximate surface area is 136 Å². The van der Waals surface area contributed by atoms with E-state index in [-0.39, 0.29) is 25.4 Å². The number of carbonyl (C=O) groups excluding carboxylic acids is 3. The van der Waals surface area contributed by atoms with Crippen LogP contribution in [0, 0.1) is 5.92 Å². The van der Waals surface area contributed by atoms with Gasteiger partial charge in [-0.1, -0.05) is 37.3 Å². The minimum Gasteiger partial charge on any atom is -0.466 e. The van der Waals surface area contributed by atoms with E-state index in [1.807, 2.05) is 30.3 Å². The molecule has 6 heteroatoms. The lowest BCUT2D eigenvalue weighted by Gasteiger charge is -2.21. The number of esters is 1. The van der Waals surface area contributed by atoms with E-state index in [1.54, 1.807) is 13.8 Å². The smallest absolute Gasteiger partial charge is 0.306 e. The van der Waals surface area contributed by atoms with Crippen LogP contribution in [0.15, 0.2) is 30.3 Å². The van der Waals surface area contributed by atoms with Crippen LogP contribution in [-0.4, -0.2) is 30.4 Å². The number of hydrogen-bond acceptors (Lipinski definition) is 4. The summed E-state index contributed by atoms with van der Waals surface area (Å²) < 4.78 is 4.85. The molecule has 126 valence electrons. The summed E-state index contributed by atoms with van der Waals surface area (Å²) in [5.41, 5.74) is 6.38. The highest BCUT2D eigenvalue weighted by atomic mass is 16.5. The molecule has 1 rings (SSSR count). The number of benzene rings is 1. The Hall–Kier alpha value is -2.37. The van der Waals surface area contributed by atoms with Crippen LogP contribution in [0.3, 0.4) is 0 Å². The third-order valence-electron chi connectivity index (χ3n) is 3.47. The molecule has 0 aliphatic rings. The van der Waals surface area contributed by atoms with Crippen LogP contribution < -0.4 is 11.1 Å². The monoisotopic (exact) mass is 320 g/mol. The summed E-state index contributed by atoms with van der Waals surface area (Å²) in [6, 6.07) is 8.69. The van der Waals surface area contributed by atoms with Crippen molar-refractivity contribution in [1.29, 1.82) is 0 Å². The first kappa shape index (κ1) is 18.7. The quantitative estimate of drug-likeness (QED) is 0.667. The van der Waals surface area contributed by atoms with Crippen molar-refractivity contribution in [2.75, 3.05) is 6.61 Å². The average molecular weight is 320 g/mol. The Balaban J connectivity index is 2.52. The molecular weight excluding hydrogens is 296 g/mol. The molecule has 0 unspecified atom stereocenters. The van der Waals surface area contributed by atoms with Gasteiger partial charge in [-0.3, -0.25) is 14.4 Å². The molecule has 0 aliphatic heterocycles. The fraction of sp³-hybridized carbons (Fsp3) is 0.471. The predicted molar refractivity (Wildman–Crippen MR) is 86.3 cm³/mol. The SMILES string of the molecule is CCOC(=O)C[C@H](C)[C@H](NC(=O)CCc1ccccc1)C(N)=O. The summed E-state index contributed by atoms with van der Waals surface area (Å²) in [6.07, 6.45) is 0.852. The van der Waals surface area contributed by atoms with Crippen molar-refractivity contribution >= 4 is 17.8 Å². The van der Waals surface area contributed by atoms with Gasteiger partial charge in [-0.05, 0) is 24.8 Å². The summed E-state index contributed by atoms with van der Waals surface area (Å²) in [7, 11) is 0. The summed E-state index contributed by atoms with van der Waals surface area (Å²) >= 11 is 0. The Kier molecular flexibility index (Phi) is 7.80. The number of primary amides is 1. The van der Waals surface area contributed by atoms with Gasteiger partial charge in [0.2, 0.25) is 11.8 Å². The molecule has 0 bridgehead atoms. The number of hydrogen-bond donors (Lipinski definition) is 2. The molecule has 0 fully saturated rings. The van der Waals surface area contributed by atoms with Crippen LogP contribution in [0.1, 0.15) is 32.3 Å². The van der Waals surface area contributed by atoms with Gasteiger partial charge >= 0.3 is 5.97 Å². The molecule has 3 N–H and O–H groups in total. The lowest BCUT2D eigenvalue weighted by Crippen LogP contribution is -2.49. The molecule has 0 spiro atoms. The van der Waals surface area contributed by atoms with Crippen LogP contribution in [0.2, 0.25) is 0 Å². The van der Waals surface area contributed by atoms with Crippen molar-refractivity contribution in [3.63, 3.8) is 0 Å². The zero-order chi connectivity index (χ0) is 17.2. The first-order chi connectivity index (χ1) is 10.9. The number of ether oxygens (including phenoxy) is 1. The number of nitrogens with two attached hydrogens (primary N) is 1. The van der Waals surface area contributed by atoms with Crippen LogP contribution in [0.5, 0.6) is 0 Å². The first-order valence-electron chi connectivity index (χ1n) is 7.72. The fourth-order valence-corrected chi connectivity index (χ4v) is 2.24. The standard InChI is InChI=1S/C17H24N2O4/c1-3-23-15(21)11-12(2)16(17(18)22)19-14(20)10-9-13-7-5-4-6-8-13/h4-8,12,16H,3,9-11H2,1-2H3,(H2,18,22)(H,19,20)/t12-,16-/m0/s1. The van der Waals surface area contributed by atoms with E-state index in [2.05, 4.69) is 5.32 Å². The van der Waals surface area contributed by atoms with E-state index in [9.17, 15) is 14.4 Å². The van der Waals surface area contributed by atoms with Gasteiger partial charge in [-0.15, -0.1) is 0 Å². The second-order valence-corrected chi connectivity index (χ2v) is 5.42. The molecule has 0 heterocycles. The lowest BCUT2D eigenvalue weighted by atomic mass is 9.97. The number of nitrogens with one attached hydrogen (secondary N) is 1. The van der Waals surface area contributed by atoms with Crippen molar-refractivity contribution in [1.82, 2.24) is 5.32 Å². The van der Waals surface area contributed by atoms with Gasteiger partial charge < -0.3 is 15.8 Å². The summed E-state index contributed by atoms with van der Waals surface area (Å²) in [5, 5.41) is 2.61. The number of aryl methyl sites for hydroxylation is 1. The van der Waals surface area contributed by atoms with Gasteiger partial charge in [0.25, 0.3) is 0 Å². The lowest BCUT2D eigenvalue weighted by molar-refractivity contribution is -0.144. The molecule has 23 heavy (non-hydrogen) atoms. The largest absolute Gasteiger partial charge is 0.466 e. The minimum atomic E-state index is -0.886. The maximum atomic E-state index is 12.0. The molecular formula is C17H24N2O4. The van der Waals surface area contributed by atoms with Gasteiger partial charge in [0.15, 0.2) is 0 Å². The van der Waals surface area contributed by atoms with E-state index >= 15 is 0 Å². The van der Waals surface area contributed by atoms with Crippen molar-refractivity contribution in [3.8, 4) is 0 Å². The number of amides is 2. The number of rotatable bonds is 9. The van der Waals surface area contributed by atoms with Crippen LogP contribution in [-0.2, 0) is 25.5 Å². The zero-order valence-electron chi connectivity index (χ0n) is 13.6. The molecule has 0 aromatic heterocycles. The van der Waals surface area contributed by atoms with Gasteiger partial charge in [-0.2, -0.15) is 0 Å². The van der Waals surface area contributed by atoms with Gasteiger partial charge in [0, 0.05) is 6.42 Å². The summed E-state index contributed by atoms with van der Waals surface area (Å²) in [5.74, 6) is -1.76. The van der Waals surface area contributed by atoms with Crippen molar-refractivity contribution in [2.24, 2.45) is 11.7 Å². The molecule has 0 saturated heterocycles. The average Bonchev–Trinajstić information content (AvgIpc) is 2.51. The maximum absolute atomic E-state index is 12.0. The van der Waals surface area contributed by atoms with Crippen molar-refractivity contribution in [3.05, 3.63) is 35.9 Å². The molecule has 6 nitrogen and oxygen atoms in total. The summed E-state index contributed by atoms with van der Waals surface area (Å²) in [6.45, 7) is 3.67. The highest BCUT2D eigenvalue weighted by molar-refractivity contribution is 5.87. The molecule has 0 saturated carbocycles. The first-order valence-corrected chi connectivity index (χ1v) is 7.72.